The molecule has 1 aliphatic heterocycles. The molecule has 1 heterocycles. The minimum atomic E-state index is -0.738. The van der Waals surface area contributed by atoms with Crippen LogP contribution in [-0.4, -0.2) is 16.9 Å². The van der Waals surface area contributed by atoms with Crippen LogP contribution >= 0.6 is 34.8 Å². The molecule has 0 atom stereocenters. The first-order valence-corrected chi connectivity index (χ1v) is 10.1. The molecule has 0 aromatic heterocycles. The lowest BCUT2D eigenvalue weighted by Gasteiger charge is -2.13. The Morgan fingerprint density at radius 3 is 1.97 bits per heavy atom. The van der Waals surface area contributed by atoms with E-state index >= 15 is 0 Å². The fraction of sp³-hybridized carbons (Fsp3) is 0.0435. The van der Waals surface area contributed by atoms with Crippen molar-refractivity contribution < 1.29 is 14.3 Å². The Bertz CT molecular complexity index is 1140. The first kappa shape index (κ1) is 20.5. The summed E-state index contributed by atoms with van der Waals surface area (Å²) in [5.41, 5.74) is 2.40. The quantitative estimate of drug-likeness (QED) is 0.327. The SMILES string of the molecule is O=C1O/C(=C(\c2ccccc2)c2cc(Cl)c(Cl)c(Cl)c2)C(=O)N1Cc1ccccc1. The number of hydrogen-bond acceptors (Lipinski definition) is 3. The molecule has 0 aliphatic carbocycles. The van der Waals surface area contributed by atoms with Gasteiger partial charge in [-0.15, -0.1) is 0 Å². The number of carbonyl (C=O) groups excluding carboxylic acids is 2. The number of benzene rings is 3. The predicted molar refractivity (Wildman–Crippen MR) is 117 cm³/mol. The summed E-state index contributed by atoms with van der Waals surface area (Å²) in [4.78, 5) is 26.8. The first-order valence-electron chi connectivity index (χ1n) is 8.98. The minimum absolute atomic E-state index is 0.0865. The van der Waals surface area contributed by atoms with Crippen molar-refractivity contribution in [1.82, 2.24) is 4.90 Å². The van der Waals surface area contributed by atoms with Gasteiger partial charge in [-0.3, -0.25) is 4.79 Å². The van der Waals surface area contributed by atoms with E-state index in [-0.39, 0.29) is 27.4 Å². The highest BCUT2D eigenvalue weighted by molar-refractivity contribution is 6.48. The van der Waals surface area contributed by atoms with Gasteiger partial charge in [0, 0.05) is 5.57 Å². The molecule has 2 amide bonds. The van der Waals surface area contributed by atoms with E-state index in [0.29, 0.717) is 16.7 Å². The van der Waals surface area contributed by atoms with Crippen LogP contribution in [0.4, 0.5) is 4.79 Å². The fourth-order valence-corrected chi connectivity index (χ4v) is 3.78. The number of ether oxygens (including phenoxy) is 1. The van der Waals surface area contributed by atoms with Gasteiger partial charge in [-0.25, -0.2) is 9.69 Å². The van der Waals surface area contributed by atoms with Gasteiger partial charge in [0.1, 0.15) is 0 Å². The lowest BCUT2D eigenvalue weighted by Crippen LogP contribution is -2.28. The molecule has 3 aromatic rings. The molecule has 3 aromatic carbocycles. The summed E-state index contributed by atoms with van der Waals surface area (Å²) in [5.74, 6) is -0.624. The lowest BCUT2D eigenvalue weighted by atomic mass is 9.96. The van der Waals surface area contributed by atoms with Crippen LogP contribution in [0.5, 0.6) is 0 Å². The van der Waals surface area contributed by atoms with Crippen LogP contribution in [0.2, 0.25) is 15.1 Å². The van der Waals surface area contributed by atoms with Crippen molar-refractivity contribution in [2.24, 2.45) is 0 Å². The van der Waals surface area contributed by atoms with Crippen molar-refractivity contribution in [3.63, 3.8) is 0 Å². The van der Waals surface area contributed by atoms with Crippen LogP contribution in [0.1, 0.15) is 16.7 Å². The van der Waals surface area contributed by atoms with Crippen LogP contribution in [0.15, 0.2) is 78.6 Å². The topological polar surface area (TPSA) is 46.6 Å². The van der Waals surface area contributed by atoms with E-state index in [9.17, 15) is 9.59 Å². The third kappa shape index (κ3) is 3.94. The molecule has 1 fully saturated rings. The Labute approximate surface area is 188 Å². The monoisotopic (exact) mass is 457 g/mol. The Morgan fingerprint density at radius 2 is 1.37 bits per heavy atom. The van der Waals surface area contributed by atoms with E-state index in [1.165, 1.54) is 0 Å². The van der Waals surface area contributed by atoms with Crippen LogP contribution < -0.4 is 0 Å². The highest BCUT2D eigenvalue weighted by atomic mass is 35.5. The van der Waals surface area contributed by atoms with Gasteiger partial charge in [0.25, 0.3) is 5.91 Å². The molecule has 7 heteroatoms. The number of carbonyl (C=O) groups is 2. The third-order valence-corrected chi connectivity index (χ3v) is 5.79. The maximum Gasteiger partial charge on any atom is 0.422 e. The molecule has 0 saturated carbocycles. The van der Waals surface area contributed by atoms with Gasteiger partial charge in [0.05, 0.1) is 21.6 Å². The summed E-state index contributed by atoms with van der Waals surface area (Å²) in [6.45, 7) is 0.103. The van der Waals surface area contributed by atoms with Crippen LogP contribution in [0, 0.1) is 0 Å². The van der Waals surface area contributed by atoms with E-state index in [1.807, 2.05) is 48.5 Å². The van der Waals surface area contributed by atoms with Gasteiger partial charge in [-0.05, 0) is 28.8 Å². The average molecular weight is 459 g/mol. The summed E-state index contributed by atoms with van der Waals surface area (Å²) in [7, 11) is 0. The molecule has 4 nitrogen and oxygen atoms in total. The first-order chi connectivity index (χ1) is 14.5. The second-order valence-corrected chi connectivity index (χ2v) is 7.76. The average Bonchev–Trinajstić information content (AvgIpc) is 3.02. The van der Waals surface area contributed by atoms with Gasteiger partial charge in [-0.1, -0.05) is 95.5 Å². The number of cyclic esters (lactones) is 1. The summed E-state index contributed by atoms with van der Waals surface area (Å²) in [6.07, 6.45) is -0.738. The number of hydrogen-bond donors (Lipinski definition) is 0. The second-order valence-electron chi connectivity index (χ2n) is 6.57. The highest BCUT2D eigenvalue weighted by Gasteiger charge is 2.39. The van der Waals surface area contributed by atoms with E-state index in [0.717, 1.165) is 10.5 Å². The molecule has 0 N–H and O–H groups in total. The Kier molecular flexibility index (Phi) is 5.82. The van der Waals surface area contributed by atoms with E-state index in [2.05, 4.69) is 0 Å². The molecular formula is C23H14Cl3NO3. The molecule has 0 radical (unpaired) electrons. The fourth-order valence-electron chi connectivity index (χ4n) is 3.19. The Morgan fingerprint density at radius 1 is 0.800 bits per heavy atom. The van der Waals surface area contributed by atoms with Crippen molar-refractivity contribution in [2.75, 3.05) is 0 Å². The maximum atomic E-state index is 13.2. The maximum absolute atomic E-state index is 13.2. The molecule has 0 unspecified atom stereocenters. The van der Waals surface area contributed by atoms with Crippen molar-refractivity contribution in [2.45, 2.75) is 6.54 Å². The number of rotatable bonds is 4. The number of imide groups is 1. The Hall–Kier alpha value is -2.79. The third-order valence-electron chi connectivity index (χ3n) is 4.59. The smallest absolute Gasteiger partial charge is 0.403 e. The van der Waals surface area contributed by atoms with Crippen molar-refractivity contribution >= 4 is 52.4 Å². The Balaban J connectivity index is 1.84. The van der Waals surface area contributed by atoms with Gasteiger partial charge in [0.2, 0.25) is 5.76 Å². The molecule has 0 bridgehead atoms. The normalized spacial score (nSPS) is 15.4. The minimum Gasteiger partial charge on any atom is -0.403 e. The molecule has 4 rings (SSSR count). The molecule has 1 saturated heterocycles. The standard InChI is InChI=1S/C23H14Cl3NO3/c24-17-11-16(12-18(25)20(17)26)19(15-9-5-2-6-10-15)21-22(28)27(23(29)30-21)13-14-7-3-1-4-8-14/h1-12H,13H2/b21-19+. The van der Waals surface area contributed by atoms with Crippen LogP contribution in [-0.2, 0) is 16.1 Å². The van der Waals surface area contributed by atoms with Crippen LogP contribution in [0.25, 0.3) is 5.57 Å². The lowest BCUT2D eigenvalue weighted by molar-refractivity contribution is -0.123. The highest BCUT2D eigenvalue weighted by Crippen LogP contribution is 2.38. The number of nitrogens with zero attached hydrogens (tertiary/aromatic N) is 1. The molecule has 150 valence electrons. The van der Waals surface area contributed by atoms with Crippen LogP contribution in [0.3, 0.4) is 0 Å². The summed E-state index contributed by atoms with van der Waals surface area (Å²) >= 11 is 18.5. The molecule has 1 aliphatic rings. The summed E-state index contributed by atoms with van der Waals surface area (Å²) < 4.78 is 5.44. The zero-order valence-corrected chi connectivity index (χ0v) is 17.7. The van der Waals surface area contributed by atoms with Gasteiger partial charge >= 0.3 is 6.09 Å². The zero-order valence-electron chi connectivity index (χ0n) is 15.4. The van der Waals surface area contributed by atoms with Gasteiger partial charge < -0.3 is 4.74 Å². The molecule has 0 spiro atoms. The largest absolute Gasteiger partial charge is 0.422 e. The van der Waals surface area contributed by atoms with Gasteiger partial charge in [0.15, 0.2) is 0 Å². The van der Waals surface area contributed by atoms with E-state index < -0.39 is 12.0 Å². The predicted octanol–water partition coefficient (Wildman–Crippen LogP) is 6.59. The number of halogens is 3. The zero-order chi connectivity index (χ0) is 21.3. The van der Waals surface area contributed by atoms with Gasteiger partial charge in [-0.2, -0.15) is 0 Å². The molecule has 30 heavy (non-hydrogen) atoms. The number of amides is 2. The summed E-state index contributed by atoms with van der Waals surface area (Å²) in [6, 6.07) is 21.5. The van der Waals surface area contributed by atoms with E-state index in [1.54, 1.807) is 24.3 Å². The summed E-state index contributed by atoms with van der Waals surface area (Å²) in [5, 5.41) is 0.664. The second kappa shape index (κ2) is 8.52. The van der Waals surface area contributed by atoms with E-state index in [4.69, 9.17) is 39.5 Å². The van der Waals surface area contributed by atoms with Crippen molar-refractivity contribution in [3.8, 4) is 0 Å². The van der Waals surface area contributed by atoms with Crippen molar-refractivity contribution in [3.05, 3.63) is 110 Å². The molecular weight excluding hydrogens is 445 g/mol. The van der Waals surface area contributed by atoms with Crippen molar-refractivity contribution in [1.29, 1.82) is 0 Å².